The average Bonchev–Trinajstić information content (AvgIpc) is 3.38. The molecule has 0 fully saturated rings. The van der Waals surface area contributed by atoms with Gasteiger partial charge in [0.2, 0.25) is 0 Å². The fourth-order valence-corrected chi connectivity index (χ4v) is 4.24. The molecule has 140 valence electrons. The summed E-state index contributed by atoms with van der Waals surface area (Å²) >= 11 is 1.59. The number of ether oxygens (including phenoxy) is 1. The van der Waals surface area contributed by atoms with E-state index in [0.29, 0.717) is 25.5 Å². The van der Waals surface area contributed by atoms with Crippen LogP contribution in [-0.4, -0.2) is 40.8 Å². The topological polar surface area (TPSA) is 58.2 Å². The molecule has 0 aliphatic carbocycles. The van der Waals surface area contributed by atoms with E-state index >= 15 is 0 Å². The van der Waals surface area contributed by atoms with Crippen LogP contribution in [0.15, 0.2) is 41.8 Å². The summed E-state index contributed by atoms with van der Waals surface area (Å²) in [5.74, 6) is -0.397. The van der Waals surface area contributed by atoms with Gasteiger partial charge in [-0.15, -0.1) is 11.3 Å². The molecule has 0 saturated heterocycles. The number of aromatic nitrogens is 2. The van der Waals surface area contributed by atoms with Crippen molar-refractivity contribution in [2.45, 2.75) is 19.4 Å². The van der Waals surface area contributed by atoms with Gasteiger partial charge >= 0.3 is 0 Å². The van der Waals surface area contributed by atoms with Crippen molar-refractivity contribution in [3.05, 3.63) is 64.4 Å². The summed E-state index contributed by atoms with van der Waals surface area (Å²) in [4.78, 5) is 15.9. The van der Waals surface area contributed by atoms with E-state index in [1.54, 1.807) is 23.5 Å². The molecule has 1 aliphatic rings. The summed E-state index contributed by atoms with van der Waals surface area (Å²) in [5, 5.41) is 9.33. The Morgan fingerprint density at radius 1 is 1.30 bits per heavy atom. The highest BCUT2D eigenvalue weighted by molar-refractivity contribution is 7.13. The molecular formula is C20H20FN3O2S. The quantitative estimate of drug-likeness (QED) is 0.619. The van der Waals surface area contributed by atoms with Crippen LogP contribution in [0.1, 0.15) is 41.0 Å². The summed E-state index contributed by atoms with van der Waals surface area (Å²) in [6.45, 7) is 3.75. The van der Waals surface area contributed by atoms with Gasteiger partial charge in [-0.25, -0.2) is 4.39 Å². The fourth-order valence-electron chi connectivity index (χ4n) is 3.50. The molecule has 2 aromatic heterocycles. The molecule has 0 radical (unpaired) electrons. The largest absolute Gasteiger partial charge is 0.382 e. The van der Waals surface area contributed by atoms with Crippen molar-refractivity contribution in [3.8, 4) is 10.6 Å². The number of halogens is 1. The van der Waals surface area contributed by atoms with Crippen LogP contribution in [0.5, 0.6) is 0 Å². The first-order chi connectivity index (χ1) is 13.2. The molecule has 1 aliphatic heterocycles. The monoisotopic (exact) mass is 385 g/mol. The molecule has 1 N–H and O–H groups in total. The zero-order valence-corrected chi connectivity index (χ0v) is 15.8. The maximum atomic E-state index is 13.5. The van der Waals surface area contributed by atoms with Gasteiger partial charge in [-0.2, -0.15) is 5.10 Å². The highest BCUT2D eigenvalue weighted by Crippen LogP contribution is 2.43. The van der Waals surface area contributed by atoms with Crippen molar-refractivity contribution in [2.24, 2.45) is 0 Å². The Bertz CT molecular complexity index is 921. The SMILES string of the molecule is CCOCCCN1C(=O)c2n[nH]c(-c3cccs3)c2C1c1ccc(F)cc1. The second-order valence-corrected chi connectivity index (χ2v) is 7.29. The first kappa shape index (κ1) is 17.9. The average molecular weight is 385 g/mol. The van der Waals surface area contributed by atoms with Crippen LogP contribution in [0.4, 0.5) is 4.39 Å². The van der Waals surface area contributed by atoms with E-state index in [9.17, 15) is 9.18 Å². The summed E-state index contributed by atoms with van der Waals surface area (Å²) < 4.78 is 18.9. The van der Waals surface area contributed by atoms with Crippen LogP contribution in [0.2, 0.25) is 0 Å². The molecule has 1 unspecified atom stereocenters. The first-order valence-electron chi connectivity index (χ1n) is 8.97. The lowest BCUT2D eigenvalue weighted by Gasteiger charge is -2.26. The van der Waals surface area contributed by atoms with E-state index in [1.807, 2.05) is 29.3 Å². The number of carbonyl (C=O) groups excluding carboxylic acids is 1. The minimum absolute atomic E-state index is 0.102. The molecule has 0 bridgehead atoms. The van der Waals surface area contributed by atoms with Crippen molar-refractivity contribution in [1.82, 2.24) is 15.1 Å². The minimum Gasteiger partial charge on any atom is -0.382 e. The number of rotatable bonds is 7. The third-order valence-corrected chi connectivity index (χ3v) is 5.59. The number of hydrogen-bond donors (Lipinski definition) is 1. The fraction of sp³-hybridized carbons (Fsp3) is 0.300. The number of hydrogen-bond acceptors (Lipinski definition) is 4. The molecule has 3 aromatic rings. The number of amides is 1. The predicted octanol–water partition coefficient (Wildman–Crippen LogP) is 4.25. The summed E-state index contributed by atoms with van der Waals surface area (Å²) in [6.07, 6.45) is 0.736. The van der Waals surface area contributed by atoms with Gasteiger partial charge in [0.15, 0.2) is 5.69 Å². The van der Waals surface area contributed by atoms with Gasteiger partial charge in [-0.1, -0.05) is 18.2 Å². The molecule has 1 aromatic carbocycles. The normalized spacial score (nSPS) is 16.1. The summed E-state index contributed by atoms with van der Waals surface area (Å²) in [6, 6.07) is 10.0. The number of fused-ring (bicyclic) bond motifs is 1. The Hall–Kier alpha value is -2.51. The smallest absolute Gasteiger partial charge is 0.275 e. The standard InChI is InChI=1S/C20H20FN3O2S/c1-2-26-11-4-10-24-19(13-6-8-14(21)9-7-13)16-17(15-5-3-12-27-15)22-23-18(16)20(24)25/h3,5-9,12,19H,2,4,10-11H2,1H3,(H,22,23). The van der Waals surface area contributed by atoms with E-state index < -0.39 is 0 Å². The molecule has 0 spiro atoms. The van der Waals surface area contributed by atoms with E-state index in [-0.39, 0.29) is 17.8 Å². The number of H-pyrrole nitrogens is 1. The zero-order chi connectivity index (χ0) is 18.8. The number of carbonyl (C=O) groups is 1. The molecule has 4 rings (SSSR count). The van der Waals surface area contributed by atoms with E-state index in [0.717, 1.165) is 28.1 Å². The molecule has 27 heavy (non-hydrogen) atoms. The van der Waals surface area contributed by atoms with Gasteiger partial charge in [-0.3, -0.25) is 9.89 Å². The zero-order valence-electron chi connectivity index (χ0n) is 14.9. The molecular weight excluding hydrogens is 365 g/mol. The predicted molar refractivity (Wildman–Crippen MR) is 102 cm³/mol. The van der Waals surface area contributed by atoms with Crippen LogP contribution in [0.3, 0.4) is 0 Å². The Balaban J connectivity index is 1.74. The maximum Gasteiger partial charge on any atom is 0.275 e. The third-order valence-electron chi connectivity index (χ3n) is 4.70. The lowest BCUT2D eigenvalue weighted by molar-refractivity contribution is 0.0710. The van der Waals surface area contributed by atoms with Crippen molar-refractivity contribution in [3.63, 3.8) is 0 Å². The first-order valence-corrected chi connectivity index (χ1v) is 9.85. The molecule has 3 heterocycles. The summed E-state index contributed by atoms with van der Waals surface area (Å²) in [5.41, 5.74) is 3.05. The maximum absolute atomic E-state index is 13.5. The number of aromatic amines is 1. The van der Waals surface area contributed by atoms with E-state index in [1.165, 1.54) is 12.1 Å². The van der Waals surface area contributed by atoms with Crippen LogP contribution in [0, 0.1) is 5.82 Å². The van der Waals surface area contributed by atoms with Crippen molar-refractivity contribution < 1.29 is 13.9 Å². The lowest BCUT2D eigenvalue weighted by Crippen LogP contribution is -2.31. The summed E-state index contributed by atoms with van der Waals surface area (Å²) in [7, 11) is 0. The van der Waals surface area contributed by atoms with Crippen molar-refractivity contribution >= 4 is 17.2 Å². The Morgan fingerprint density at radius 3 is 2.81 bits per heavy atom. The highest BCUT2D eigenvalue weighted by Gasteiger charge is 2.42. The number of nitrogens with one attached hydrogen (secondary N) is 1. The Labute approximate surface area is 160 Å². The number of nitrogens with zero attached hydrogens (tertiary/aromatic N) is 2. The van der Waals surface area contributed by atoms with Crippen LogP contribution >= 0.6 is 11.3 Å². The third kappa shape index (κ3) is 3.28. The second-order valence-electron chi connectivity index (χ2n) is 6.34. The second kappa shape index (κ2) is 7.62. The van der Waals surface area contributed by atoms with Crippen LogP contribution in [-0.2, 0) is 4.74 Å². The number of benzene rings is 1. The van der Waals surface area contributed by atoms with Gasteiger partial charge in [0.1, 0.15) is 5.82 Å². The molecule has 0 saturated carbocycles. The minimum atomic E-state index is -0.295. The van der Waals surface area contributed by atoms with Crippen LogP contribution in [0.25, 0.3) is 10.6 Å². The molecule has 1 atom stereocenters. The Kier molecular flexibility index (Phi) is 5.05. The Morgan fingerprint density at radius 2 is 2.11 bits per heavy atom. The van der Waals surface area contributed by atoms with E-state index in [4.69, 9.17) is 4.74 Å². The van der Waals surface area contributed by atoms with Gasteiger partial charge in [-0.05, 0) is 42.5 Å². The highest BCUT2D eigenvalue weighted by atomic mass is 32.1. The molecule has 7 heteroatoms. The molecule has 1 amide bonds. The van der Waals surface area contributed by atoms with Gasteiger partial charge < -0.3 is 9.64 Å². The van der Waals surface area contributed by atoms with Gasteiger partial charge in [0, 0.05) is 25.3 Å². The van der Waals surface area contributed by atoms with Gasteiger partial charge in [0.05, 0.1) is 16.6 Å². The number of thiophene rings is 1. The van der Waals surface area contributed by atoms with Crippen molar-refractivity contribution in [1.29, 1.82) is 0 Å². The molecule has 5 nitrogen and oxygen atoms in total. The van der Waals surface area contributed by atoms with Crippen molar-refractivity contribution in [2.75, 3.05) is 19.8 Å². The van der Waals surface area contributed by atoms with Crippen LogP contribution < -0.4 is 0 Å². The van der Waals surface area contributed by atoms with E-state index in [2.05, 4.69) is 10.2 Å². The lowest BCUT2D eigenvalue weighted by atomic mass is 9.98. The van der Waals surface area contributed by atoms with Gasteiger partial charge in [0.25, 0.3) is 5.91 Å².